The number of hydrogen-bond donors (Lipinski definition) is 1. The van der Waals surface area contributed by atoms with E-state index in [1.807, 2.05) is 0 Å². The van der Waals surface area contributed by atoms with Crippen molar-refractivity contribution in [1.82, 2.24) is 0 Å². The summed E-state index contributed by atoms with van der Waals surface area (Å²) in [6.45, 7) is 4.26. The molecule has 0 aromatic heterocycles. The van der Waals surface area contributed by atoms with Crippen LogP contribution in [-0.4, -0.2) is 29.2 Å². The van der Waals surface area contributed by atoms with Crippen molar-refractivity contribution in [2.75, 3.05) is 0 Å². The number of rotatable bonds is 0. The van der Waals surface area contributed by atoms with Gasteiger partial charge in [-0.3, -0.25) is 0 Å². The molecule has 23 heavy (non-hydrogen) atoms. The Hall–Kier alpha value is -0.120. The lowest BCUT2D eigenvalue weighted by atomic mass is 9.71. The molecular formula is C20H36O3. The fraction of sp³-hybridized carbons (Fsp3) is 1.00. The quantitative estimate of drug-likeness (QED) is 0.695. The SMILES string of the molecule is C[C@@H]1C[C@@H](C)OC2(C[C@H]3CCCCCCCCC[C@H](C3)[C@H]2O)O1. The highest BCUT2D eigenvalue weighted by molar-refractivity contribution is 4.96. The van der Waals surface area contributed by atoms with E-state index in [1.165, 1.54) is 57.8 Å². The maximum absolute atomic E-state index is 11.1. The van der Waals surface area contributed by atoms with Crippen LogP contribution in [-0.2, 0) is 9.47 Å². The number of ether oxygens (including phenoxy) is 2. The van der Waals surface area contributed by atoms with Gasteiger partial charge in [-0.2, -0.15) is 0 Å². The van der Waals surface area contributed by atoms with Gasteiger partial charge in [0.25, 0.3) is 0 Å². The minimum Gasteiger partial charge on any atom is -0.387 e. The summed E-state index contributed by atoms with van der Waals surface area (Å²) in [5.41, 5.74) is 0. The van der Waals surface area contributed by atoms with Gasteiger partial charge in [-0.25, -0.2) is 0 Å². The highest BCUT2D eigenvalue weighted by atomic mass is 16.7. The molecule has 1 saturated heterocycles. The molecule has 3 fully saturated rings. The van der Waals surface area contributed by atoms with E-state index in [9.17, 15) is 5.11 Å². The fourth-order valence-corrected chi connectivity index (χ4v) is 5.25. The first-order chi connectivity index (χ1) is 11.1. The third-order valence-electron chi connectivity index (χ3n) is 6.26. The normalized spacial score (nSPS) is 46.8. The van der Waals surface area contributed by atoms with Crippen LogP contribution >= 0.6 is 0 Å². The second-order valence-corrected chi connectivity index (χ2v) is 8.47. The summed E-state index contributed by atoms with van der Waals surface area (Å²) in [6, 6.07) is 0. The first-order valence-electron chi connectivity index (χ1n) is 10.1. The second kappa shape index (κ2) is 7.84. The van der Waals surface area contributed by atoms with Crippen LogP contribution < -0.4 is 0 Å². The van der Waals surface area contributed by atoms with Crippen molar-refractivity contribution in [1.29, 1.82) is 0 Å². The number of hydrogen-bond acceptors (Lipinski definition) is 3. The average Bonchev–Trinajstić information content (AvgIpc) is 2.47. The van der Waals surface area contributed by atoms with Gasteiger partial charge in [0.2, 0.25) is 0 Å². The molecule has 2 saturated carbocycles. The van der Waals surface area contributed by atoms with Crippen molar-refractivity contribution in [3.8, 4) is 0 Å². The van der Waals surface area contributed by atoms with E-state index < -0.39 is 11.9 Å². The summed E-state index contributed by atoms with van der Waals surface area (Å²) in [4.78, 5) is 0. The smallest absolute Gasteiger partial charge is 0.195 e. The van der Waals surface area contributed by atoms with Crippen LogP contribution in [0.2, 0.25) is 0 Å². The Labute approximate surface area is 142 Å². The molecule has 134 valence electrons. The van der Waals surface area contributed by atoms with Crippen LogP contribution in [0, 0.1) is 11.8 Å². The molecular weight excluding hydrogens is 288 g/mol. The molecule has 3 rings (SSSR count). The molecule has 0 radical (unpaired) electrons. The molecule has 1 N–H and O–H groups in total. The Balaban J connectivity index is 1.75. The summed E-state index contributed by atoms with van der Waals surface area (Å²) in [7, 11) is 0. The highest BCUT2D eigenvalue weighted by Crippen LogP contribution is 2.47. The molecule has 1 spiro atoms. The molecule has 1 heterocycles. The van der Waals surface area contributed by atoms with E-state index in [0.717, 1.165) is 19.3 Å². The van der Waals surface area contributed by atoms with E-state index in [4.69, 9.17) is 9.47 Å². The largest absolute Gasteiger partial charge is 0.387 e. The van der Waals surface area contributed by atoms with E-state index >= 15 is 0 Å². The van der Waals surface area contributed by atoms with E-state index in [2.05, 4.69) is 13.8 Å². The summed E-state index contributed by atoms with van der Waals surface area (Å²) >= 11 is 0. The molecule has 3 nitrogen and oxygen atoms in total. The van der Waals surface area contributed by atoms with Gasteiger partial charge in [0.15, 0.2) is 5.79 Å². The maximum atomic E-state index is 11.1. The van der Waals surface area contributed by atoms with Crippen LogP contribution in [0.1, 0.15) is 90.9 Å². The Morgan fingerprint density at radius 1 is 0.783 bits per heavy atom. The first-order valence-corrected chi connectivity index (χ1v) is 10.1. The van der Waals surface area contributed by atoms with Crippen LogP contribution in [0.4, 0.5) is 0 Å². The molecule has 2 bridgehead atoms. The van der Waals surface area contributed by atoms with Gasteiger partial charge in [-0.1, -0.05) is 51.4 Å². The fourth-order valence-electron chi connectivity index (χ4n) is 5.25. The topological polar surface area (TPSA) is 38.7 Å². The minimum absolute atomic E-state index is 0.187. The first kappa shape index (κ1) is 17.7. The van der Waals surface area contributed by atoms with Gasteiger partial charge >= 0.3 is 0 Å². The zero-order chi connectivity index (χ0) is 16.3. The second-order valence-electron chi connectivity index (χ2n) is 8.47. The van der Waals surface area contributed by atoms with Crippen LogP contribution in [0.3, 0.4) is 0 Å². The molecule has 2 aliphatic carbocycles. The molecule has 1 aliphatic heterocycles. The monoisotopic (exact) mass is 324 g/mol. The van der Waals surface area contributed by atoms with Crippen LogP contribution in [0.25, 0.3) is 0 Å². The van der Waals surface area contributed by atoms with Gasteiger partial charge in [0, 0.05) is 6.42 Å². The lowest BCUT2D eigenvalue weighted by Gasteiger charge is -2.52. The predicted octanol–water partition coefficient (Wildman–Crippen LogP) is 4.81. The minimum atomic E-state index is -0.727. The highest BCUT2D eigenvalue weighted by Gasteiger charge is 2.53. The molecule has 5 atom stereocenters. The third kappa shape index (κ3) is 4.29. The molecule has 0 aromatic carbocycles. The number of aliphatic hydroxyl groups excluding tert-OH is 1. The summed E-state index contributed by atoms with van der Waals surface area (Å²) in [6.07, 6.45) is 14.7. The number of fused-ring (bicyclic) bond motifs is 2. The third-order valence-corrected chi connectivity index (χ3v) is 6.26. The molecule has 0 amide bonds. The van der Waals surface area contributed by atoms with Gasteiger partial charge in [-0.15, -0.1) is 0 Å². The average molecular weight is 325 g/mol. The van der Waals surface area contributed by atoms with Gasteiger partial charge in [-0.05, 0) is 44.9 Å². The lowest BCUT2D eigenvalue weighted by molar-refractivity contribution is -0.368. The molecule has 0 unspecified atom stereocenters. The molecule has 3 aliphatic rings. The Morgan fingerprint density at radius 3 is 2.00 bits per heavy atom. The van der Waals surface area contributed by atoms with Crippen molar-refractivity contribution >= 4 is 0 Å². The summed E-state index contributed by atoms with van der Waals surface area (Å²) in [5, 5.41) is 11.1. The summed E-state index contributed by atoms with van der Waals surface area (Å²) < 4.78 is 12.6. The Morgan fingerprint density at radius 2 is 1.35 bits per heavy atom. The standard InChI is InChI=1S/C20H36O3/c1-15-12-16(2)23-20(22-15)14-17-10-8-6-4-3-5-7-9-11-18(13-17)19(20)21/h15-19,21H,3-14H2,1-2H3/t15-,16-,17+,18-,19-/m1/s1. The van der Waals surface area contributed by atoms with E-state index in [0.29, 0.717) is 11.8 Å². The van der Waals surface area contributed by atoms with Gasteiger partial charge < -0.3 is 14.6 Å². The molecule has 0 aromatic rings. The molecule has 3 heteroatoms. The van der Waals surface area contributed by atoms with Crippen molar-refractivity contribution in [3.63, 3.8) is 0 Å². The van der Waals surface area contributed by atoms with Gasteiger partial charge in [0.05, 0.1) is 12.2 Å². The van der Waals surface area contributed by atoms with E-state index in [-0.39, 0.29) is 12.2 Å². The van der Waals surface area contributed by atoms with Crippen molar-refractivity contribution < 1.29 is 14.6 Å². The zero-order valence-electron chi connectivity index (χ0n) is 15.1. The van der Waals surface area contributed by atoms with Crippen LogP contribution in [0.15, 0.2) is 0 Å². The van der Waals surface area contributed by atoms with Crippen molar-refractivity contribution in [2.24, 2.45) is 11.8 Å². The Bertz CT molecular complexity index is 360. The predicted molar refractivity (Wildman–Crippen MR) is 92.2 cm³/mol. The van der Waals surface area contributed by atoms with Gasteiger partial charge in [0.1, 0.15) is 6.10 Å². The summed E-state index contributed by atoms with van der Waals surface area (Å²) in [5.74, 6) is 0.278. The van der Waals surface area contributed by atoms with Crippen molar-refractivity contribution in [2.45, 2.75) is 115 Å². The number of aliphatic hydroxyl groups is 1. The van der Waals surface area contributed by atoms with Crippen molar-refractivity contribution in [3.05, 3.63) is 0 Å². The lowest BCUT2D eigenvalue weighted by Crippen LogP contribution is -2.60. The zero-order valence-corrected chi connectivity index (χ0v) is 15.1. The maximum Gasteiger partial charge on any atom is 0.195 e. The van der Waals surface area contributed by atoms with E-state index in [1.54, 1.807) is 0 Å². The van der Waals surface area contributed by atoms with Crippen LogP contribution in [0.5, 0.6) is 0 Å². The Kier molecular flexibility index (Phi) is 6.03.